The third kappa shape index (κ3) is 2.08. The molecule has 0 aromatic heterocycles. The maximum Gasteiger partial charge on any atom is 0.231 e. The second kappa shape index (κ2) is 4.61. The van der Waals surface area contributed by atoms with Gasteiger partial charge in [0.15, 0.2) is 0 Å². The minimum atomic E-state index is -0.157. The molecule has 1 amide bonds. The minimum absolute atomic E-state index is 0.0698. The van der Waals surface area contributed by atoms with Gasteiger partial charge in [0, 0.05) is 18.2 Å². The highest BCUT2D eigenvalue weighted by atomic mass is 16.5. The van der Waals surface area contributed by atoms with Crippen LogP contribution in [0.1, 0.15) is 24.3 Å². The van der Waals surface area contributed by atoms with E-state index in [1.54, 1.807) is 0 Å². The zero-order valence-corrected chi connectivity index (χ0v) is 10.3. The first-order chi connectivity index (χ1) is 8.74. The largest absolute Gasteiger partial charge is 0.492 e. The molecule has 4 nitrogen and oxygen atoms in total. The van der Waals surface area contributed by atoms with Crippen molar-refractivity contribution in [2.24, 2.45) is 11.7 Å². The van der Waals surface area contributed by atoms with Gasteiger partial charge in [0.25, 0.3) is 0 Å². The van der Waals surface area contributed by atoms with Crippen LogP contribution in [0.2, 0.25) is 0 Å². The highest BCUT2D eigenvalue weighted by Gasteiger charge is 2.31. The lowest BCUT2D eigenvalue weighted by molar-refractivity contribution is -0.123. The van der Waals surface area contributed by atoms with Crippen molar-refractivity contribution < 1.29 is 9.53 Å². The Balaban J connectivity index is 1.57. The van der Waals surface area contributed by atoms with Crippen LogP contribution in [0.15, 0.2) is 24.3 Å². The molecule has 0 bridgehead atoms. The van der Waals surface area contributed by atoms with Crippen LogP contribution in [0.3, 0.4) is 0 Å². The molecule has 3 rings (SSSR count). The number of rotatable bonds is 3. The van der Waals surface area contributed by atoms with Crippen molar-refractivity contribution in [2.45, 2.75) is 24.8 Å². The third-order valence-corrected chi connectivity index (χ3v) is 3.85. The smallest absolute Gasteiger partial charge is 0.231 e. The number of carbonyl (C=O) groups is 1. The number of carbonyl (C=O) groups excluding carboxylic acids is 1. The number of nitrogens with one attached hydrogen (secondary N) is 1. The normalized spacial score (nSPS) is 29.1. The number of amides is 1. The summed E-state index contributed by atoms with van der Waals surface area (Å²) in [4.78, 5) is 12.1. The van der Waals surface area contributed by atoms with Crippen molar-refractivity contribution in [3.05, 3.63) is 29.8 Å². The van der Waals surface area contributed by atoms with Crippen LogP contribution < -0.4 is 15.8 Å². The molecular formula is C14H18N2O2. The van der Waals surface area contributed by atoms with E-state index in [1.807, 2.05) is 24.3 Å². The number of ether oxygens (including phenoxy) is 1. The number of nitrogens with two attached hydrogens (primary N) is 1. The molecule has 1 unspecified atom stereocenters. The van der Waals surface area contributed by atoms with Gasteiger partial charge >= 0.3 is 0 Å². The van der Waals surface area contributed by atoms with E-state index in [-0.39, 0.29) is 11.8 Å². The fraction of sp³-hybridized carbons (Fsp3) is 0.500. The monoisotopic (exact) mass is 246 g/mol. The average molecular weight is 246 g/mol. The predicted octanol–water partition coefficient (Wildman–Crippen LogP) is 1.02. The second-order valence-corrected chi connectivity index (χ2v) is 5.24. The van der Waals surface area contributed by atoms with E-state index in [0.29, 0.717) is 18.6 Å². The Hall–Kier alpha value is -1.55. The van der Waals surface area contributed by atoms with Crippen LogP contribution in [0, 0.1) is 5.92 Å². The molecule has 1 saturated carbocycles. The highest BCUT2D eigenvalue weighted by molar-refractivity contribution is 5.85. The van der Waals surface area contributed by atoms with Crippen LogP contribution in [0.5, 0.6) is 5.75 Å². The van der Waals surface area contributed by atoms with E-state index in [1.165, 1.54) is 0 Å². The Labute approximate surface area is 107 Å². The first kappa shape index (κ1) is 11.5. The van der Waals surface area contributed by atoms with E-state index in [4.69, 9.17) is 10.5 Å². The first-order valence-electron chi connectivity index (χ1n) is 6.49. The lowest BCUT2D eigenvalue weighted by Crippen LogP contribution is -2.43. The predicted molar refractivity (Wildman–Crippen MR) is 68.4 cm³/mol. The molecule has 4 heteroatoms. The van der Waals surface area contributed by atoms with Gasteiger partial charge in [0.2, 0.25) is 5.91 Å². The molecule has 1 aliphatic heterocycles. The molecule has 1 aromatic rings. The van der Waals surface area contributed by atoms with Crippen LogP contribution in [0.4, 0.5) is 0 Å². The molecule has 0 spiro atoms. The quantitative estimate of drug-likeness (QED) is 0.836. The summed E-state index contributed by atoms with van der Waals surface area (Å²) in [5.41, 5.74) is 6.73. The summed E-state index contributed by atoms with van der Waals surface area (Å²) in [5.74, 6) is 1.31. The van der Waals surface area contributed by atoms with Gasteiger partial charge in [0.1, 0.15) is 18.3 Å². The molecule has 1 fully saturated rings. The SMILES string of the molecule is NC1CC(CNC(=O)C2COc3ccccc32)C1. The van der Waals surface area contributed by atoms with Crippen molar-refractivity contribution >= 4 is 5.91 Å². The van der Waals surface area contributed by atoms with Gasteiger partial charge in [0.05, 0.1) is 0 Å². The Morgan fingerprint density at radius 2 is 2.17 bits per heavy atom. The molecule has 2 aliphatic rings. The molecule has 1 heterocycles. The number of para-hydroxylation sites is 1. The summed E-state index contributed by atoms with van der Waals surface area (Å²) in [6.45, 7) is 1.20. The molecule has 3 N–H and O–H groups in total. The number of hydrogen-bond donors (Lipinski definition) is 2. The van der Waals surface area contributed by atoms with Crippen molar-refractivity contribution in [2.75, 3.05) is 13.2 Å². The maximum absolute atomic E-state index is 12.1. The second-order valence-electron chi connectivity index (χ2n) is 5.24. The summed E-state index contributed by atoms with van der Waals surface area (Å²) in [6.07, 6.45) is 2.05. The van der Waals surface area contributed by atoms with E-state index < -0.39 is 0 Å². The Kier molecular flexibility index (Phi) is 2.96. The van der Waals surface area contributed by atoms with Crippen molar-refractivity contribution in [3.8, 4) is 5.75 Å². The van der Waals surface area contributed by atoms with Gasteiger partial charge in [-0.05, 0) is 24.8 Å². The Bertz CT molecular complexity index is 455. The van der Waals surface area contributed by atoms with Crippen LogP contribution in [-0.2, 0) is 4.79 Å². The van der Waals surface area contributed by atoms with Crippen LogP contribution in [0.25, 0.3) is 0 Å². The van der Waals surface area contributed by atoms with Crippen molar-refractivity contribution in [1.82, 2.24) is 5.32 Å². The molecule has 0 saturated heterocycles. The standard InChI is InChI=1S/C14H18N2O2/c15-10-5-9(6-10)7-16-14(17)12-8-18-13-4-2-1-3-11(12)13/h1-4,9-10,12H,5-8,15H2,(H,16,17). The fourth-order valence-corrected chi connectivity index (χ4v) is 2.70. The topological polar surface area (TPSA) is 64.3 Å². The molecule has 1 aliphatic carbocycles. The fourth-order valence-electron chi connectivity index (χ4n) is 2.70. The molecule has 96 valence electrons. The Morgan fingerprint density at radius 3 is 2.94 bits per heavy atom. The lowest BCUT2D eigenvalue weighted by Gasteiger charge is -2.32. The molecular weight excluding hydrogens is 228 g/mol. The summed E-state index contributed by atoms with van der Waals surface area (Å²) < 4.78 is 5.52. The lowest BCUT2D eigenvalue weighted by atomic mass is 9.81. The van der Waals surface area contributed by atoms with E-state index in [2.05, 4.69) is 5.32 Å². The zero-order valence-electron chi connectivity index (χ0n) is 10.3. The molecule has 1 aromatic carbocycles. The Morgan fingerprint density at radius 1 is 1.39 bits per heavy atom. The van der Waals surface area contributed by atoms with Gasteiger partial charge in [-0.1, -0.05) is 18.2 Å². The van der Waals surface area contributed by atoms with Gasteiger partial charge in [-0.2, -0.15) is 0 Å². The van der Waals surface area contributed by atoms with Gasteiger partial charge in [-0.15, -0.1) is 0 Å². The third-order valence-electron chi connectivity index (χ3n) is 3.85. The number of hydrogen-bond acceptors (Lipinski definition) is 3. The maximum atomic E-state index is 12.1. The molecule has 18 heavy (non-hydrogen) atoms. The highest BCUT2D eigenvalue weighted by Crippen LogP contribution is 2.33. The average Bonchev–Trinajstić information content (AvgIpc) is 2.76. The zero-order chi connectivity index (χ0) is 12.5. The summed E-state index contributed by atoms with van der Waals surface area (Å²) >= 11 is 0. The van der Waals surface area contributed by atoms with E-state index in [9.17, 15) is 4.79 Å². The minimum Gasteiger partial charge on any atom is -0.492 e. The van der Waals surface area contributed by atoms with Crippen LogP contribution >= 0.6 is 0 Å². The van der Waals surface area contributed by atoms with Gasteiger partial charge in [-0.25, -0.2) is 0 Å². The van der Waals surface area contributed by atoms with Crippen molar-refractivity contribution in [3.63, 3.8) is 0 Å². The van der Waals surface area contributed by atoms with E-state index in [0.717, 1.165) is 30.7 Å². The number of fused-ring (bicyclic) bond motifs is 1. The summed E-state index contributed by atoms with van der Waals surface area (Å²) in [6, 6.07) is 8.08. The van der Waals surface area contributed by atoms with E-state index >= 15 is 0 Å². The van der Waals surface area contributed by atoms with Gasteiger partial charge in [-0.3, -0.25) is 4.79 Å². The summed E-state index contributed by atoms with van der Waals surface area (Å²) in [7, 11) is 0. The summed E-state index contributed by atoms with van der Waals surface area (Å²) in [5, 5.41) is 3.01. The number of benzene rings is 1. The van der Waals surface area contributed by atoms with Crippen LogP contribution in [-0.4, -0.2) is 25.1 Å². The molecule has 1 atom stereocenters. The molecule has 0 radical (unpaired) electrons. The van der Waals surface area contributed by atoms with Gasteiger partial charge < -0.3 is 15.8 Å². The first-order valence-corrected chi connectivity index (χ1v) is 6.49. The van der Waals surface area contributed by atoms with Crippen molar-refractivity contribution in [1.29, 1.82) is 0 Å².